The Bertz CT molecular complexity index is 1530. The number of halogens is 2. The maximum Gasteiger partial charge on any atom is 0.304 e. The molecule has 1 fully saturated rings. The lowest BCUT2D eigenvalue weighted by Crippen LogP contribution is -2.55. The number of carboxylic acid groups (broad SMARTS) is 1. The van der Waals surface area contributed by atoms with Crippen LogP contribution in [0.15, 0.2) is 77.7 Å². The number of rotatable bonds is 11. The Labute approximate surface area is 256 Å². The lowest BCUT2D eigenvalue weighted by molar-refractivity contribution is -0.160. The van der Waals surface area contributed by atoms with Crippen molar-refractivity contribution in [2.75, 3.05) is 13.7 Å². The van der Waals surface area contributed by atoms with Gasteiger partial charge in [-0.2, -0.15) is 0 Å². The number of nitrogens with one attached hydrogen (secondary N) is 1. The second-order valence-electron chi connectivity index (χ2n) is 10.9. The van der Waals surface area contributed by atoms with Crippen LogP contribution in [0.3, 0.4) is 0 Å². The molecule has 0 spiro atoms. The number of aliphatic carboxylic acids is 1. The summed E-state index contributed by atoms with van der Waals surface area (Å²) in [5.74, 6) is -1.11. The average molecular weight is 634 g/mol. The molecule has 4 atom stereocenters. The number of ether oxygens (including phenoxy) is 1. The molecule has 0 aromatic heterocycles. The highest BCUT2D eigenvalue weighted by Crippen LogP contribution is 2.52. The molecular weight excluding hydrogens is 599 g/mol. The first kappa shape index (κ1) is 31.8. The molecule has 8 nitrogen and oxygen atoms in total. The van der Waals surface area contributed by atoms with E-state index < -0.39 is 33.5 Å². The van der Waals surface area contributed by atoms with Gasteiger partial charge < -0.3 is 14.7 Å². The number of carbonyl (C=O) groups is 2. The summed E-state index contributed by atoms with van der Waals surface area (Å²) in [7, 11) is -2.31. The van der Waals surface area contributed by atoms with Crippen LogP contribution in [0.1, 0.15) is 56.2 Å². The smallest absolute Gasteiger partial charge is 0.304 e. The molecular formula is C31H34Cl2N2O6S. The van der Waals surface area contributed by atoms with E-state index in [1.165, 1.54) is 19.2 Å². The van der Waals surface area contributed by atoms with Crippen LogP contribution in [0.2, 0.25) is 10.0 Å². The summed E-state index contributed by atoms with van der Waals surface area (Å²) in [6, 6.07) is 19.8. The SMILES string of the molecule is COc1ccc(S(=O)(=O)NCC[C@H](C)N2C(=O)[C@@](C)(CC(=O)O)C[C@H](c3cccc(Cl)c3)[C@H]2c2ccc(Cl)cc2)cc1. The Hall–Kier alpha value is -3.11. The van der Waals surface area contributed by atoms with Crippen LogP contribution in [-0.2, 0) is 19.6 Å². The zero-order valence-electron chi connectivity index (χ0n) is 23.6. The minimum atomic E-state index is -3.81. The van der Waals surface area contributed by atoms with Gasteiger partial charge in [0, 0.05) is 28.5 Å². The third-order valence-corrected chi connectivity index (χ3v) is 9.79. The highest BCUT2D eigenvalue weighted by atomic mass is 35.5. The summed E-state index contributed by atoms with van der Waals surface area (Å²) in [4.78, 5) is 28.0. The number of hydrogen-bond donors (Lipinski definition) is 2. The average Bonchev–Trinajstić information content (AvgIpc) is 2.94. The number of carboxylic acids is 1. The summed E-state index contributed by atoms with van der Waals surface area (Å²) in [6.07, 6.45) is 0.235. The first-order chi connectivity index (χ1) is 19.8. The fourth-order valence-electron chi connectivity index (χ4n) is 5.74. The quantitative estimate of drug-likeness (QED) is 0.257. The molecule has 1 aliphatic heterocycles. The normalized spacial score (nSPS) is 21.6. The second-order valence-corrected chi connectivity index (χ2v) is 13.6. The van der Waals surface area contributed by atoms with Crippen molar-refractivity contribution in [2.45, 2.75) is 56.0 Å². The number of benzene rings is 3. The third kappa shape index (κ3) is 7.09. The fourth-order valence-corrected chi connectivity index (χ4v) is 7.11. The first-order valence-electron chi connectivity index (χ1n) is 13.5. The molecule has 0 saturated carbocycles. The number of hydrogen-bond acceptors (Lipinski definition) is 5. The van der Waals surface area contributed by atoms with Gasteiger partial charge in [-0.25, -0.2) is 13.1 Å². The Kier molecular flexibility index (Phi) is 9.88. The molecule has 3 aromatic carbocycles. The predicted molar refractivity (Wildman–Crippen MR) is 162 cm³/mol. The summed E-state index contributed by atoms with van der Waals surface area (Å²) < 4.78 is 33.6. The van der Waals surface area contributed by atoms with Crippen LogP contribution in [-0.4, -0.2) is 50.0 Å². The first-order valence-corrected chi connectivity index (χ1v) is 15.8. The number of piperidine rings is 1. The minimum Gasteiger partial charge on any atom is -0.497 e. The van der Waals surface area contributed by atoms with Crippen molar-refractivity contribution in [1.82, 2.24) is 9.62 Å². The molecule has 1 saturated heterocycles. The molecule has 0 bridgehead atoms. The number of amides is 1. The van der Waals surface area contributed by atoms with Gasteiger partial charge in [-0.05, 0) is 79.4 Å². The van der Waals surface area contributed by atoms with Crippen LogP contribution in [0.25, 0.3) is 0 Å². The van der Waals surface area contributed by atoms with E-state index >= 15 is 0 Å². The van der Waals surface area contributed by atoms with Gasteiger partial charge in [-0.1, -0.05) is 54.4 Å². The summed E-state index contributed by atoms with van der Waals surface area (Å²) in [6.45, 7) is 3.60. The topological polar surface area (TPSA) is 113 Å². The minimum absolute atomic E-state index is 0.0596. The molecule has 224 valence electrons. The lowest BCUT2D eigenvalue weighted by Gasteiger charge is -2.51. The van der Waals surface area contributed by atoms with Gasteiger partial charge in [0.15, 0.2) is 0 Å². The highest BCUT2D eigenvalue weighted by molar-refractivity contribution is 7.89. The molecule has 4 rings (SSSR count). The molecule has 3 aromatic rings. The van der Waals surface area contributed by atoms with Gasteiger partial charge in [-0.3, -0.25) is 9.59 Å². The van der Waals surface area contributed by atoms with E-state index in [0.717, 1.165) is 11.1 Å². The van der Waals surface area contributed by atoms with E-state index in [0.29, 0.717) is 22.2 Å². The van der Waals surface area contributed by atoms with Crippen LogP contribution < -0.4 is 9.46 Å². The zero-order chi connectivity index (χ0) is 30.7. The van der Waals surface area contributed by atoms with Crippen molar-refractivity contribution in [2.24, 2.45) is 5.41 Å². The zero-order valence-corrected chi connectivity index (χ0v) is 25.9. The standard InChI is InChI=1S/C31H34Cl2N2O6S/c1-20(15-16-34-42(39,40)26-13-11-25(41-3)12-14-26)35-29(21-7-9-23(32)10-8-21)27(22-5-4-6-24(33)17-22)18-31(2,30(35)38)19-28(36)37/h4-14,17,20,27,29,34H,15-16,18-19H2,1-3H3,(H,36,37)/t20-,27+,29+,31+/m0/s1. The van der Waals surface area contributed by atoms with Gasteiger partial charge >= 0.3 is 5.97 Å². The van der Waals surface area contributed by atoms with E-state index in [4.69, 9.17) is 27.9 Å². The largest absolute Gasteiger partial charge is 0.497 e. The maximum absolute atomic E-state index is 14.2. The number of carbonyl (C=O) groups excluding carboxylic acids is 1. The Morgan fingerprint density at radius 1 is 1.07 bits per heavy atom. The number of nitrogens with zero attached hydrogens (tertiary/aromatic N) is 1. The summed E-state index contributed by atoms with van der Waals surface area (Å²) in [5, 5.41) is 10.8. The summed E-state index contributed by atoms with van der Waals surface area (Å²) >= 11 is 12.6. The van der Waals surface area contributed by atoms with Crippen LogP contribution in [0.5, 0.6) is 5.75 Å². The molecule has 11 heteroatoms. The van der Waals surface area contributed by atoms with Crippen molar-refractivity contribution in [1.29, 1.82) is 0 Å². The Morgan fingerprint density at radius 2 is 1.74 bits per heavy atom. The Balaban J connectivity index is 1.69. The van der Waals surface area contributed by atoms with Crippen molar-refractivity contribution in [3.63, 3.8) is 0 Å². The second kappa shape index (κ2) is 13.0. The van der Waals surface area contributed by atoms with Crippen molar-refractivity contribution in [3.05, 3.63) is 94.0 Å². The highest BCUT2D eigenvalue weighted by Gasteiger charge is 2.51. The number of likely N-dealkylation sites (tertiary alicyclic amines) is 1. The summed E-state index contributed by atoms with van der Waals surface area (Å²) in [5.41, 5.74) is 0.517. The van der Waals surface area contributed by atoms with E-state index in [9.17, 15) is 23.1 Å². The van der Waals surface area contributed by atoms with Gasteiger partial charge in [0.1, 0.15) is 5.75 Å². The molecule has 42 heavy (non-hydrogen) atoms. The van der Waals surface area contributed by atoms with Crippen LogP contribution in [0, 0.1) is 5.41 Å². The molecule has 1 amide bonds. The molecule has 1 aliphatic rings. The van der Waals surface area contributed by atoms with Gasteiger partial charge in [-0.15, -0.1) is 0 Å². The van der Waals surface area contributed by atoms with E-state index in [2.05, 4.69) is 4.72 Å². The molecule has 1 heterocycles. The lowest BCUT2D eigenvalue weighted by atomic mass is 9.67. The fraction of sp³-hybridized carbons (Fsp3) is 0.355. The van der Waals surface area contributed by atoms with Crippen molar-refractivity contribution in [3.8, 4) is 5.75 Å². The van der Waals surface area contributed by atoms with Gasteiger partial charge in [0.2, 0.25) is 15.9 Å². The van der Waals surface area contributed by atoms with Crippen molar-refractivity contribution >= 4 is 45.1 Å². The number of methoxy groups -OCH3 is 1. The predicted octanol–water partition coefficient (Wildman–Crippen LogP) is 6.30. The maximum atomic E-state index is 14.2. The molecule has 0 aliphatic carbocycles. The third-order valence-electron chi connectivity index (χ3n) is 7.83. The molecule has 0 radical (unpaired) electrons. The van der Waals surface area contributed by atoms with Crippen LogP contribution in [0.4, 0.5) is 0 Å². The van der Waals surface area contributed by atoms with E-state index in [1.807, 2.05) is 37.3 Å². The van der Waals surface area contributed by atoms with Crippen LogP contribution >= 0.6 is 23.2 Å². The number of sulfonamides is 1. The van der Waals surface area contributed by atoms with E-state index in [1.54, 1.807) is 42.2 Å². The monoisotopic (exact) mass is 632 g/mol. The van der Waals surface area contributed by atoms with Gasteiger partial charge in [0.05, 0.1) is 29.9 Å². The van der Waals surface area contributed by atoms with Gasteiger partial charge in [0.25, 0.3) is 0 Å². The molecule has 2 N–H and O–H groups in total. The Morgan fingerprint density at radius 3 is 2.33 bits per heavy atom. The molecule has 0 unspecified atom stereocenters. The van der Waals surface area contributed by atoms with Crippen molar-refractivity contribution < 1.29 is 27.9 Å². The van der Waals surface area contributed by atoms with E-state index in [-0.39, 0.29) is 36.1 Å².